The van der Waals surface area contributed by atoms with E-state index in [1.165, 1.54) is 0 Å². The van der Waals surface area contributed by atoms with Crippen LogP contribution in [-0.2, 0) is 21.4 Å². The number of carboxylic acid groups (broad SMARTS) is 1. The summed E-state index contributed by atoms with van der Waals surface area (Å²) in [4.78, 5) is 50.9. The van der Waals surface area contributed by atoms with E-state index in [2.05, 4.69) is 30.6 Å². The molecule has 0 bridgehead atoms. The van der Waals surface area contributed by atoms with Gasteiger partial charge in [-0.15, -0.1) is 0 Å². The Morgan fingerprint density at radius 1 is 0.977 bits per heavy atom. The number of hydrogen-bond donors (Lipinski definition) is 3. The molecule has 1 saturated heterocycles. The van der Waals surface area contributed by atoms with Gasteiger partial charge < -0.3 is 25.4 Å². The van der Waals surface area contributed by atoms with Crippen LogP contribution in [0.4, 0.5) is 17.5 Å². The first kappa shape index (κ1) is 30.7. The van der Waals surface area contributed by atoms with Gasteiger partial charge in [0.2, 0.25) is 11.9 Å². The van der Waals surface area contributed by atoms with E-state index in [9.17, 15) is 19.5 Å². The van der Waals surface area contributed by atoms with Crippen LogP contribution in [0.2, 0.25) is 0 Å². The minimum atomic E-state index is -0.737. The summed E-state index contributed by atoms with van der Waals surface area (Å²) in [6.45, 7) is 7.01. The summed E-state index contributed by atoms with van der Waals surface area (Å²) in [6, 6.07) is 0.620. The van der Waals surface area contributed by atoms with Gasteiger partial charge in [-0.3, -0.25) is 19.2 Å². The molecule has 2 aliphatic carbocycles. The SMILES string of the molecule is CCOC(=O)c1c(C)nc(Nc2cnn(C)c2)nc1NC1CCC(N2CCN(C(=O)C3CCC(C(=O)O)CC3)CC2)CC1. The highest BCUT2D eigenvalue weighted by Gasteiger charge is 2.35. The lowest BCUT2D eigenvalue weighted by molar-refractivity contribution is -0.146. The largest absolute Gasteiger partial charge is 0.481 e. The summed E-state index contributed by atoms with van der Waals surface area (Å²) in [5.74, 6) is -0.446. The first-order valence-corrected chi connectivity index (χ1v) is 15.6. The van der Waals surface area contributed by atoms with E-state index in [1.54, 1.807) is 24.7 Å². The zero-order valence-electron chi connectivity index (χ0n) is 25.4. The fraction of sp³-hybridized carbons (Fsp3) is 0.667. The molecule has 3 heterocycles. The normalized spacial score (nSPS) is 24.8. The van der Waals surface area contributed by atoms with Crippen molar-refractivity contribution in [2.24, 2.45) is 18.9 Å². The predicted molar refractivity (Wildman–Crippen MR) is 160 cm³/mol. The van der Waals surface area contributed by atoms with E-state index in [-0.39, 0.29) is 30.4 Å². The van der Waals surface area contributed by atoms with Gasteiger partial charge in [0.25, 0.3) is 0 Å². The van der Waals surface area contributed by atoms with Gasteiger partial charge in [0.1, 0.15) is 11.4 Å². The number of esters is 1. The summed E-state index contributed by atoms with van der Waals surface area (Å²) in [7, 11) is 1.83. The van der Waals surface area contributed by atoms with Crippen molar-refractivity contribution in [1.82, 2.24) is 29.5 Å². The number of carbonyl (C=O) groups excluding carboxylic acids is 2. The number of piperazine rings is 1. The van der Waals surface area contributed by atoms with E-state index in [0.29, 0.717) is 54.7 Å². The zero-order chi connectivity index (χ0) is 30.5. The fourth-order valence-corrected chi connectivity index (χ4v) is 6.73. The molecule has 2 aromatic heterocycles. The fourth-order valence-electron chi connectivity index (χ4n) is 6.73. The molecular weight excluding hydrogens is 552 g/mol. The predicted octanol–water partition coefficient (Wildman–Crippen LogP) is 3.20. The van der Waals surface area contributed by atoms with Gasteiger partial charge in [0, 0.05) is 57.4 Å². The van der Waals surface area contributed by atoms with Crippen LogP contribution in [-0.4, -0.2) is 97.4 Å². The minimum absolute atomic E-state index is 0.0336. The molecule has 3 fully saturated rings. The number of anilines is 3. The second-order valence-corrected chi connectivity index (χ2v) is 12.0. The molecule has 13 nitrogen and oxygen atoms in total. The Bertz CT molecular complexity index is 1290. The lowest BCUT2D eigenvalue weighted by Crippen LogP contribution is -2.54. The maximum Gasteiger partial charge on any atom is 0.343 e. The lowest BCUT2D eigenvalue weighted by atomic mass is 9.81. The molecule has 1 amide bonds. The third kappa shape index (κ3) is 7.43. The molecule has 0 unspecified atom stereocenters. The highest BCUT2D eigenvalue weighted by molar-refractivity contribution is 5.96. The molecule has 0 aromatic carbocycles. The number of amides is 1. The Hall–Kier alpha value is -3.74. The van der Waals surface area contributed by atoms with Crippen LogP contribution in [0.1, 0.15) is 74.3 Å². The minimum Gasteiger partial charge on any atom is -0.481 e. The number of nitrogens with one attached hydrogen (secondary N) is 2. The van der Waals surface area contributed by atoms with Crippen LogP contribution in [0.15, 0.2) is 12.4 Å². The lowest BCUT2D eigenvalue weighted by Gasteiger charge is -2.43. The Labute approximate surface area is 252 Å². The van der Waals surface area contributed by atoms with Crippen LogP contribution >= 0.6 is 0 Å². The standard InChI is InChI=1S/C30H44N8O5/c1-4-43-29(42)25-19(2)32-30(34-23-17-31-36(3)18-23)35-26(25)33-22-9-11-24(12-10-22)37-13-15-38(16-14-37)27(39)20-5-7-21(8-6-20)28(40)41/h17-18,20-22,24H,4-16H2,1-3H3,(H,40,41)(H2,32,33,34,35). The molecule has 3 aliphatic rings. The Balaban J connectivity index is 1.14. The molecule has 0 spiro atoms. The number of carbonyl (C=O) groups is 3. The van der Waals surface area contributed by atoms with E-state index in [1.807, 2.05) is 18.1 Å². The highest BCUT2D eigenvalue weighted by Crippen LogP contribution is 2.32. The van der Waals surface area contributed by atoms with E-state index in [4.69, 9.17) is 4.74 Å². The molecule has 0 atom stereocenters. The third-order valence-electron chi connectivity index (χ3n) is 9.14. The van der Waals surface area contributed by atoms with Crippen LogP contribution < -0.4 is 10.6 Å². The molecule has 2 saturated carbocycles. The van der Waals surface area contributed by atoms with Gasteiger partial charge in [0.15, 0.2) is 0 Å². The Kier molecular flexibility index (Phi) is 9.79. The summed E-state index contributed by atoms with van der Waals surface area (Å²) in [6.07, 6.45) is 9.98. The van der Waals surface area contributed by atoms with Gasteiger partial charge in [-0.05, 0) is 65.2 Å². The first-order valence-electron chi connectivity index (χ1n) is 15.6. The molecule has 13 heteroatoms. The topological polar surface area (TPSA) is 155 Å². The van der Waals surface area contributed by atoms with Gasteiger partial charge in [-0.2, -0.15) is 10.1 Å². The molecule has 1 aliphatic heterocycles. The van der Waals surface area contributed by atoms with Crippen molar-refractivity contribution < 1.29 is 24.2 Å². The molecule has 43 heavy (non-hydrogen) atoms. The van der Waals surface area contributed by atoms with Crippen LogP contribution in [0.5, 0.6) is 0 Å². The van der Waals surface area contributed by atoms with Crippen LogP contribution in [0.25, 0.3) is 0 Å². The highest BCUT2D eigenvalue weighted by atomic mass is 16.5. The Morgan fingerprint density at radius 3 is 2.26 bits per heavy atom. The molecule has 5 rings (SSSR count). The maximum atomic E-state index is 13.1. The number of hydrogen-bond acceptors (Lipinski definition) is 10. The quantitative estimate of drug-likeness (QED) is 0.366. The summed E-state index contributed by atoms with van der Waals surface area (Å²) in [5.41, 5.74) is 1.65. The van der Waals surface area contributed by atoms with Crippen molar-refractivity contribution in [3.05, 3.63) is 23.7 Å². The summed E-state index contributed by atoms with van der Waals surface area (Å²) < 4.78 is 7.01. The molecular formula is C30H44N8O5. The second kappa shape index (κ2) is 13.7. The molecule has 2 aromatic rings. The third-order valence-corrected chi connectivity index (χ3v) is 9.14. The number of nitrogens with zero attached hydrogens (tertiary/aromatic N) is 6. The second-order valence-electron chi connectivity index (χ2n) is 12.0. The number of carboxylic acids is 1. The summed E-state index contributed by atoms with van der Waals surface area (Å²) in [5, 5.41) is 20.1. The van der Waals surface area contributed by atoms with Gasteiger partial charge >= 0.3 is 11.9 Å². The number of aromatic nitrogens is 4. The van der Waals surface area contributed by atoms with Crippen LogP contribution in [0.3, 0.4) is 0 Å². The van der Waals surface area contributed by atoms with Crippen molar-refractivity contribution in [1.29, 1.82) is 0 Å². The first-order chi connectivity index (χ1) is 20.7. The maximum absolute atomic E-state index is 13.1. The van der Waals surface area contributed by atoms with Crippen molar-refractivity contribution in [2.45, 2.75) is 77.3 Å². The molecule has 3 N–H and O–H groups in total. The molecule has 234 valence electrons. The van der Waals surface area contributed by atoms with E-state index < -0.39 is 11.9 Å². The summed E-state index contributed by atoms with van der Waals surface area (Å²) >= 11 is 0. The van der Waals surface area contributed by atoms with E-state index in [0.717, 1.165) is 57.5 Å². The van der Waals surface area contributed by atoms with Gasteiger partial charge in [-0.1, -0.05) is 0 Å². The number of aliphatic carboxylic acids is 1. The van der Waals surface area contributed by atoms with Gasteiger partial charge in [0.05, 0.1) is 30.1 Å². The monoisotopic (exact) mass is 596 g/mol. The van der Waals surface area contributed by atoms with Crippen molar-refractivity contribution in [3.63, 3.8) is 0 Å². The average molecular weight is 597 g/mol. The van der Waals surface area contributed by atoms with Crippen molar-refractivity contribution in [3.8, 4) is 0 Å². The smallest absolute Gasteiger partial charge is 0.343 e. The number of rotatable bonds is 9. The van der Waals surface area contributed by atoms with Gasteiger partial charge in [-0.25, -0.2) is 9.78 Å². The number of ether oxygens (including phenoxy) is 1. The van der Waals surface area contributed by atoms with E-state index >= 15 is 0 Å². The van der Waals surface area contributed by atoms with Crippen LogP contribution in [0, 0.1) is 18.8 Å². The zero-order valence-corrected chi connectivity index (χ0v) is 25.4. The average Bonchev–Trinajstić information content (AvgIpc) is 3.41. The number of aryl methyl sites for hydroxylation is 2. The molecule has 0 radical (unpaired) electrons. The Morgan fingerprint density at radius 2 is 1.65 bits per heavy atom. The van der Waals surface area contributed by atoms with Crippen molar-refractivity contribution in [2.75, 3.05) is 43.4 Å². The van der Waals surface area contributed by atoms with Crippen molar-refractivity contribution >= 4 is 35.3 Å².